The van der Waals surface area contributed by atoms with Gasteiger partial charge in [-0.2, -0.15) is 0 Å². The number of nitrogens with one attached hydrogen (secondary N) is 2. The van der Waals surface area contributed by atoms with Gasteiger partial charge < -0.3 is 9.97 Å². The minimum atomic E-state index is -2.57. The number of H-pyrrole nitrogens is 2. The molecule has 4 aromatic rings. The molecule has 2 heterocycles. The lowest BCUT2D eigenvalue weighted by Crippen LogP contribution is -2.20. The van der Waals surface area contributed by atoms with Crippen molar-refractivity contribution in [3.63, 3.8) is 0 Å². The van der Waals surface area contributed by atoms with Gasteiger partial charge in [0.25, 0.3) is 0 Å². The second-order valence-electron chi connectivity index (χ2n) is 7.82. The lowest BCUT2D eigenvalue weighted by molar-refractivity contribution is 0.0969. The smallest absolute Gasteiger partial charge is 0.234 e. The minimum Gasteiger partial charge on any atom is -0.332 e. The fraction of sp³-hybridized carbons (Fsp3) is 0. The van der Waals surface area contributed by atoms with Crippen LogP contribution in [0.3, 0.4) is 0 Å². The molecule has 0 aliphatic heterocycles. The number of benzene rings is 2. The lowest BCUT2D eigenvalue weighted by atomic mass is 10.00. The van der Waals surface area contributed by atoms with Crippen LogP contribution < -0.4 is 0 Å². The van der Waals surface area contributed by atoms with Crippen LogP contribution in [0.2, 0.25) is 0 Å². The van der Waals surface area contributed by atoms with Gasteiger partial charge in [0.05, 0.1) is 0 Å². The summed E-state index contributed by atoms with van der Waals surface area (Å²) in [6.45, 7) is 0. The second kappa shape index (κ2) is 8.68. The number of nitrogens with zero attached hydrogens (tertiary/aromatic N) is 2. The SMILES string of the molecule is O=C1c2nc(C(=O)c3c(F)c(F)c(F)c(F)c3F)[nH]c2C(=O)c2[nH]c(C(=O)c3c(F)c(F)c(F)c(F)c3F)nc21. The number of aromatic amines is 2. The molecule has 2 aromatic heterocycles. The van der Waals surface area contributed by atoms with E-state index in [0.29, 0.717) is 0 Å². The Morgan fingerprint density at radius 3 is 1.02 bits per heavy atom. The van der Waals surface area contributed by atoms with Crippen LogP contribution in [0.4, 0.5) is 43.9 Å². The summed E-state index contributed by atoms with van der Waals surface area (Å²) in [6.07, 6.45) is 0. The van der Waals surface area contributed by atoms with Gasteiger partial charge in [-0.15, -0.1) is 0 Å². The largest absolute Gasteiger partial charge is 0.332 e. The van der Waals surface area contributed by atoms with Gasteiger partial charge >= 0.3 is 0 Å². The monoisotopic (exact) mass is 576 g/mol. The molecule has 1 aliphatic carbocycles. The average molecular weight is 576 g/mol. The molecule has 0 amide bonds. The van der Waals surface area contributed by atoms with Crippen molar-refractivity contribution in [3.8, 4) is 0 Å². The molecule has 0 fully saturated rings. The number of hydrogen-bond donors (Lipinski definition) is 2. The zero-order valence-electron chi connectivity index (χ0n) is 18.3. The molecule has 204 valence electrons. The standard InChI is InChI=1S/C22H2F10N4O4/c23-3-1(4(24)8(28)11(31)7(3)27)17(37)21-33-13-14(34-21)20(40)16-15(19(13)39)35-22(36-16)18(38)2-5(25)9(29)12(32)10(30)6(2)26/h(H,33,34)(H,35,36). The summed E-state index contributed by atoms with van der Waals surface area (Å²) in [4.78, 5) is 61.1. The summed E-state index contributed by atoms with van der Waals surface area (Å²) in [5.41, 5.74) is -7.77. The first-order valence-corrected chi connectivity index (χ1v) is 10.1. The summed E-state index contributed by atoms with van der Waals surface area (Å²) in [6, 6.07) is 0. The number of aromatic nitrogens is 4. The van der Waals surface area contributed by atoms with Crippen molar-refractivity contribution in [3.05, 3.63) is 104 Å². The number of ketones is 4. The molecule has 0 saturated heterocycles. The fourth-order valence-corrected chi connectivity index (χ4v) is 3.70. The van der Waals surface area contributed by atoms with Gasteiger partial charge in [-0.05, 0) is 0 Å². The van der Waals surface area contributed by atoms with Gasteiger partial charge in [-0.25, -0.2) is 53.9 Å². The Morgan fingerprint density at radius 1 is 0.450 bits per heavy atom. The number of imidazole rings is 2. The Hall–Kier alpha value is -5.16. The van der Waals surface area contributed by atoms with E-state index in [1.54, 1.807) is 0 Å². The molecule has 5 rings (SSSR count). The van der Waals surface area contributed by atoms with Crippen LogP contribution in [0.5, 0.6) is 0 Å². The molecule has 18 heteroatoms. The summed E-state index contributed by atoms with van der Waals surface area (Å²) >= 11 is 0. The van der Waals surface area contributed by atoms with E-state index >= 15 is 0 Å². The van der Waals surface area contributed by atoms with Gasteiger partial charge in [-0.3, -0.25) is 19.2 Å². The highest BCUT2D eigenvalue weighted by atomic mass is 19.2. The Kier molecular flexibility index (Phi) is 5.74. The third-order valence-corrected chi connectivity index (χ3v) is 5.60. The lowest BCUT2D eigenvalue weighted by Gasteiger charge is -2.06. The fourth-order valence-electron chi connectivity index (χ4n) is 3.70. The molecule has 0 unspecified atom stereocenters. The Labute approximate surface area is 210 Å². The van der Waals surface area contributed by atoms with E-state index in [0.717, 1.165) is 0 Å². The van der Waals surface area contributed by atoms with Crippen LogP contribution in [-0.4, -0.2) is 43.1 Å². The second-order valence-corrected chi connectivity index (χ2v) is 7.82. The minimum absolute atomic E-state index is 0.913. The van der Waals surface area contributed by atoms with Gasteiger partial charge in [-0.1, -0.05) is 0 Å². The summed E-state index contributed by atoms with van der Waals surface area (Å²) in [5.74, 6) is -34.4. The van der Waals surface area contributed by atoms with Gasteiger partial charge in [0.1, 0.15) is 33.9 Å². The normalized spacial score (nSPS) is 12.6. The highest BCUT2D eigenvalue weighted by Gasteiger charge is 2.40. The van der Waals surface area contributed by atoms with Crippen molar-refractivity contribution in [1.29, 1.82) is 0 Å². The molecule has 2 aromatic carbocycles. The molecular formula is C22H2F10N4O4. The Morgan fingerprint density at radius 2 is 0.725 bits per heavy atom. The van der Waals surface area contributed by atoms with Gasteiger partial charge in [0.15, 0.2) is 58.2 Å². The highest BCUT2D eigenvalue weighted by molar-refractivity contribution is 6.27. The van der Waals surface area contributed by atoms with E-state index in [9.17, 15) is 63.1 Å². The van der Waals surface area contributed by atoms with Gasteiger partial charge in [0.2, 0.25) is 34.8 Å². The molecule has 8 nitrogen and oxygen atoms in total. The third kappa shape index (κ3) is 3.41. The van der Waals surface area contributed by atoms with Crippen molar-refractivity contribution in [2.75, 3.05) is 0 Å². The summed E-state index contributed by atoms with van der Waals surface area (Å²) in [7, 11) is 0. The van der Waals surface area contributed by atoms with E-state index in [4.69, 9.17) is 0 Å². The van der Waals surface area contributed by atoms with Crippen molar-refractivity contribution in [2.24, 2.45) is 0 Å². The van der Waals surface area contributed by atoms with Crippen LogP contribution in [0, 0.1) is 58.2 Å². The van der Waals surface area contributed by atoms with Crippen LogP contribution >= 0.6 is 0 Å². The third-order valence-electron chi connectivity index (χ3n) is 5.60. The first-order chi connectivity index (χ1) is 18.7. The van der Waals surface area contributed by atoms with E-state index in [1.165, 1.54) is 0 Å². The van der Waals surface area contributed by atoms with E-state index in [-0.39, 0.29) is 0 Å². The maximum atomic E-state index is 14.0. The van der Waals surface area contributed by atoms with Crippen molar-refractivity contribution >= 4 is 23.1 Å². The summed E-state index contributed by atoms with van der Waals surface area (Å²) in [5, 5.41) is 0. The zero-order chi connectivity index (χ0) is 29.5. The van der Waals surface area contributed by atoms with Crippen molar-refractivity contribution in [2.45, 2.75) is 0 Å². The number of hydrogen-bond acceptors (Lipinski definition) is 6. The molecule has 40 heavy (non-hydrogen) atoms. The molecule has 0 atom stereocenters. The number of halogens is 10. The predicted molar refractivity (Wildman–Crippen MR) is 103 cm³/mol. The number of carbonyl (C=O) groups excluding carboxylic acids is 4. The predicted octanol–water partition coefficient (Wildman–Crippen LogP) is 3.76. The van der Waals surface area contributed by atoms with E-state index in [2.05, 4.69) is 9.97 Å². The molecule has 0 saturated carbocycles. The Bertz CT molecular complexity index is 1650. The highest BCUT2D eigenvalue weighted by Crippen LogP contribution is 2.30. The van der Waals surface area contributed by atoms with Crippen molar-refractivity contribution in [1.82, 2.24) is 19.9 Å². The van der Waals surface area contributed by atoms with Crippen LogP contribution in [0.1, 0.15) is 64.7 Å². The zero-order valence-corrected chi connectivity index (χ0v) is 18.3. The number of rotatable bonds is 4. The molecule has 2 N–H and O–H groups in total. The molecule has 0 bridgehead atoms. The van der Waals surface area contributed by atoms with Crippen LogP contribution in [0.25, 0.3) is 0 Å². The van der Waals surface area contributed by atoms with E-state index < -0.39 is 127 Å². The number of carbonyl (C=O) groups is 4. The molecule has 0 radical (unpaired) electrons. The van der Waals surface area contributed by atoms with Crippen LogP contribution in [-0.2, 0) is 0 Å². The average Bonchev–Trinajstić information content (AvgIpc) is 3.58. The Balaban J connectivity index is 1.56. The van der Waals surface area contributed by atoms with E-state index in [1.807, 2.05) is 9.97 Å². The van der Waals surface area contributed by atoms with Gasteiger partial charge in [0, 0.05) is 0 Å². The first-order valence-electron chi connectivity index (χ1n) is 10.1. The maximum Gasteiger partial charge on any atom is 0.234 e. The van der Waals surface area contributed by atoms with Crippen molar-refractivity contribution < 1.29 is 63.1 Å². The quantitative estimate of drug-likeness (QED) is 0.145. The molecule has 0 spiro atoms. The molecule has 1 aliphatic rings. The summed E-state index contributed by atoms with van der Waals surface area (Å²) < 4.78 is 137. The molecular weight excluding hydrogens is 574 g/mol. The first kappa shape index (κ1) is 26.4. The number of fused-ring (bicyclic) bond motifs is 2. The topological polar surface area (TPSA) is 126 Å². The maximum absolute atomic E-state index is 14.0. The van der Waals surface area contributed by atoms with Crippen LogP contribution in [0.15, 0.2) is 0 Å².